The van der Waals surface area contributed by atoms with Crippen LogP contribution in [0.25, 0.3) is 6.08 Å². The van der Waals surface area contributed by atoms with Gasteiger partial charge >= 0.3 is 0 Å². The molecule has 1 heterocycles. The van der Waals surface area contributed by atoms with Gasteiger partial charge in [-0.1, -0.05) is 25.1 Å². The number of nitriles is 1. The summed E-state index contributed by atoms with van der Waals surface area (Å²) in [6, 6.07) is 12.8. The second-order valence-corrected chi connectivity index (χ2v) is 8.80. The Bertz CT molecular complexity index is 1080. The van der Waals surface area contributed by atoms with E-state index in [1.807, 2.05) is 26.0 Å². The van der Waals surface area contributed by atoms with Gasteiger partial charge in [0, 0.05) is 0 Å². The minimum Gasteiger partial charge on any atom is -0.490 e. The van der Waals surface area contributed by atoms with E-state index >= 15 is 0 Å². The van der Waals surface area contributed by atoms with Crippen molar-refractivity contribution in [3.05, 3.63) is 61.6 Å². The molecular weight excluding hydrogens is 527 g/mol. The lowest BCUT2D eigenvalue weighted by Gasteiger charge is -2.14. The number of imide groups is 1. The highest BCUT2D eigenvalue weighted by molar-refractivity contribution is 14.1. The van der Waals surface area contributed by atoms with E-state index in [-0.39, 0.29) is 17.7 Å². The highest BCUT2D eigenvalue weighted by Crippen LogP contribution is 2.38. The Kier molecular flexibility index (Phi) is 7.98. The molecule has 0 N–H and O–H groups in total. The fraction of sp³-hybridized carbons (Fsp3) is 0.261. The minimum atomic E-state index is -0.373. The van der Waals surface area contributed by atoms with Gasteiger partial charge in [0.05, 0.1) is 39.9 Å². The fourth-order valence-corrected chi connectivity index (χ4v) is 4.62. The van der Waals surface area contributed by atoms with E-state index in [0.717, 1.165) is 27.3 Å². The van der Waals surface area contributed by atoms with Crippen molar-refractivity contribution in [2.45, 2.75) is 26.8 Å². The van der Waals surface area contributed by atoms with Gasteiger partial charge in [0.25, 0.3) is 11.1 Å². The van der Waals surface area contributed by atoms with Gasteiger partial charge in [-0.15, -0.1) is 0 Å². The summed E-state index contributed by atoms with van der Waals surface area (Å²) in [7, 11) is 0. The first kappa shape index (κ1) is 23.2. The van der Waals surface area contributed by atoms with E-state index in [4.69, 9.17) is 9.47 Å². The maximum absolute atomic E-state index is 12.9. The quantitative estimate of drug-likeness (QED) is 0.316. The van der Waals surface area contributed by atoms with Gasteiger partial charge in [0.15, 0.2) is 11.5 Å². The first-order valence-electron chi connectivity index (χ1n) is 9.81. The second-order valence-electron chi connectivity index (χ2n) is 6.65. The molecule has 31 heavy (non-hydrogen) atoms. The van der Waals surface area contributed by atoms with Crippen molar-refractivity contribution in [3.8, 4) is 17.6 Å². The minimum absolute atomic E-state index is 0.0667. The molecule has 6 nitrogen and oxygen atoms in total. The van der Waals surface area contributed by atoms with Crippen molar-refractivity contribution in [1.29, 1.82) is 5.26 Å². The van der Waals surface area contributed by atoms with E-state index < -0.39 is 0 Å². The van der Waals surface area contributed by atoms with E-state index in [0.29, 0.717) is 40.7 Å². The Morgan fingerprint density at radius 3 is 2.68 bits per heavy atom. The summed E-state index contributed by atoms with van der Waals surface area (Å²) >= 11 is 3.07. The number of amides is 2. The molecule has 2 amide bonds. The Morgan fingerprint density at radius 1 is 1.19 bits per heavy atom. The third-order valence-corrected chi connectivity index (χ3v) is 6.13. The van der Waals surface area contributed by atoms with Gasteiger partial charge in [-0.05, 0) is 83.1 Å². The Morgan fingerprint density at radius 2 is 1.97 bits per heavy atom. The van der Waals surface area contributed by atoms with Crippen LogP contribution in [0.1, 0.15) is 37.0 Å². The summed E-state index contributed by atoms with van der Waals surface area (Å²) in [5.41, 5.74) is 1.84. The molecule has 0 unspecified atom stereocenters. The lowest BCUT2D eigenvalue weighted by Crippen LogP contribution is -2.27. The van der Waals surface area contributed by atoms with Crippen LogP contribution in [0.15, 0.2) is 41.3 Å². The number of hydrogen-bond donors (Lipinski definition) is 0. The van der Waals surface area contributed by atoms with Crippen LogP contribution >= 0.6 is 34.4 Å². The molecular formula is C23H21IN2O4S. The predicted octanol–water partition coefficient (Wildman–Crippen LogP) is 5.59. The van der Waals surface area contributed by atoms with Gasteiger partial charge in [-0.25, -0.2) is 0 Å². The van der Waals surface area contributed by atoms with Crippen molar-refractivity contribution < 1.29 is 19.1 Å². The maximum Gasteiger partial charge on any atom is 0.293 e. The normalized spacial score (nSPS) is 14.8. The van der Waals surface area contributed by atoms with Gasteiger partial charge in [0.1, 0.15) is 0 Å². The van der Waals surface area contributed by atoms with Crippen LogP contribution in [0.4, 0.5) is 4.79 Å². The molecule has 1 fully saturated rings. The van der Waals surface area contributed by atoms with Crippen molar-refractivity contribution in [2.75, 3.05) is 13.2 Å². The largest absolute Gasteiger partial charge is 0.490 e. The van der Waals surface area contributed by atoms with Crippen LogP contribution in [0, 0.1) is 14.9 Å². The topological polar surface area (TPSA) is 79.6 Å². The summed E-state index contributed by atoms with van der Waals surface area (Å²) in [5.74, 6) is 0.918. The number of nitrogens with zero attached hydrogens (tertiary/aromatic N) is 2. The molecule has 0 spiro atoms. The SMILES string of the molecule is CCCOc1c(I)cc(/C=C2\SC(=O)N(Cc3ccccc3C#N)C2=O)cc1OCC. The summed E-state index contributed by atoms with van der Waals surface area (Å²) in [6.07, 6.45) is 2.57. The summed E-state index contributed by atoms with van der Waals surface area (Å²) < 4.78 is 12.4. The highest BCUT2D eigenvalue weighted by Gasteiger charge is 2.35. The fourth-order valence-electron chi connectivity index (χ4n) is 3.00. The molecule has 0 atom stereocenters. The number of hydrogen-bond acceptors (Lipinski definition) is 6. The van der Waals surface area contributed by atoms with Gasteiger partial charge in [-0.2, -0.15) is 5.26 Å². The number of rotatable bonds is 8. The number of carbonyl (C=O) groups is 2. The predicted molar refractivity (Wildman–Crippen MR) is 129 cm³/mol. The summed E-state index contributed by atoms with van der Waals surface area (Å²) in [4.78, 5) is 26.9. The zero-order valence-electron chi connectivity index (χ0n) is 17.2. The molecule has 2 aromatic carbocycles. The molecule has 1 saturated heterocycles. The first-order chi connectivity index (χ1) is 15.0. The van der Waals surface area contributed by atoms with Crippen LogP contribution in [-0.2, 0) is 11.3 Å². The van der Waals surface area contributed by atoms with Crippen molar-refractivity contribution in [2.24, 2.45) is 0 Å². The molecule has 0 aliphatic carbocycles. The highest BCUT2D eigenvalue weighted by atomic mass is 127. The molecule has 8 heteroatoms. The molecule has 2 aromatic rings. The number of thioether (sulfide) groups is 1. The van der Waals surface area contributed by atoms with Crippen molar-refractivity contribution in [3.63, 3.8) is 0 Å². The van der Waals surface area contributed by atoms with Crippen molar-refractivity contribution in [1.82, 2.24) is 4.90 Å². The monoisotopic (exact) mass is 548 g/mol. The molecule has 3 rings (SSSR count). The third kappa shape index (κ3) is 5.40. The smallest absolute Gasteiger partial charge is 0.293 e. The van der Waals surface area contributed by atoms with E-state index in [2.05, 4.69) is 28.7 Å². The van der Waals surface area contributed by atoms with Crippen LogP contribution < -0.4 is 9.47 Å². The first-order valence-corrected chi connectivity index (χ1v) is 11.7. The molecule has 160 valence electrons. The Hall–Kier alpha value is -2.51. The number of halogens is 1. The zero-order chi connectivity index (χ0) is 22.4. The van der Waals surface area contributed by atoms with Crippen LogP contribution in [0.5, 0.6) is 11.5 Å². The lowest BCUT2D eigenvalue weighted by atomic mass is 10.1. The maximum atomic E-state index is 12.9. The lowest BCUT2D eigenvalue weighted by molar-refractivity contribution is -0.123. The van der Waals surface area contributed by atoms with Crippen molar-refractivity contribution >= 4 is 51.6 Å². The van der Waals surface area contributed by atoms with Crippen LogP contribution in [-0.4, -0.2) is 29.3 Å². The number of carbonyl (C=O) groups excluding carboxylic acids is 2. The van der Waals surface area contributed by atoms with Gasteiger partial charge < -0.3 is 9.47 Å². The van der Waals surface area contributed by atoms with Crippen LogP contribution in [0.3, 0.4) is 0 Å². The average Bonchev–Trinajstić information content (AvgIpc) is 3.01. The Balaban J connectivity index is 1.88. The zero-order valence-corrected chi connectivity index (χ0v) is 20.2. The molecule has 0 saturated carbocycles. The average molecular weight is 548 g/mol. The third-order valence-electron chi connectivity index (χ3n) is 4.42. The number of benzene rings is 2. The van der Waals surface area contributed by atoms with E-state index in [1.165, 1.54) is 4.90 Å². The molecule has 0 aromatic heterocycles. The van der Waals surface area contributed by atoms with Gasteiger partial charge in [0.2, 0.25) is 0 Å². The molecule has 0 radical (unpaired) electrons. The molecule has 1 aliphatic rings. The number of ether oxygens (including phenoxy) is 2. The molecule has 0 bridgehead atoms. The summed E-state index contributed by atoms with van der Waals surface area (Å²) in [6.45, 7) is 5.06. The molecule has 1 aliphatic heterocycles. The van der Waals surface area contributed by atoms with E-state index in [1.54, 1.807) is 30.3 Å². The Labute approximate surface area is 199 Å². The van der Waals surface area contributed by atoms with Gasteiger partial charge in [-0.3, -0.25) is 14.5 Å². The summed E-state index contributed by atoms with van der Waals surface area (Å²) in [5, 5.41) is 8.91. The standard InChI is InChI=1S/C23H21IN2O4S/c1-3-9-30-21-18(24)10-15(11-19(21)29-4-2)12-20-22(27)26(23(28)31-20)14-17-8-6-5-7-16(17)13-25/h5-8,10-12H,3-4,9,14H2,1-2H3/b20-12-. The van der Waals surface area contributed by atoms with Crippen LogP contribution in [0.2, 0.25) is 0 Å². The second kappa shape index (κ2) is 10.7. The van der Waals surface area contributed by atoms with E-state index in [9.17, 15) is 14.9 Å².